The number of carbonyl (C=O) groups is 1. The fourth-order valence-electron chi connectivity index (χ4n) is 1.56. The summed E-state index contributed by atoms with van der Waals surface area (Å²) in [7, 11) is 0. The van der Waals surface area contributed by atoms with Gasteiger partial charge in [0.25, 0.3) is 0 Å². The third-order valence-electron chi connectivity index (χ3n) is 2.48. The molecule has 0 heterocycles. The Labute approximate surface area is 102 Å². The number of benzene rings is 1. The summed E-state index contributed by atoms with van der Waals surface area (Å²) < 4.78 is 0. The molecule has 3 heteroatoms. The maximum atomic E-state index is 12.1. The van der Waals surface area contributed by atoms with E-state index >= 15 is 0 Å². The first-order chi connectivity index (χ1) is 8.24. The van der Waals surface area contributed by atoms with Crippen molar-refractivity contribution < 1.29 is 4.79 Å². The average Bonchev–Trinajstić information content (AvgIpc) is 2.38. The van der Waals surface area contributed by atoms with Crippen LogP contribution in [-0.4, -0.2) is 23.9 Å². The highest BCUT2D eigenvalue weighted by Crippen LogP contribution is 2.17. The first-order valence-electron chi connectivity index (χ1n) is 5.41. The number of hydrogen-bond donors (Lipinski definition) is 0. The number of terminal acetylenes is 1. The van der Waals surface area contributed by atoms with E-state index in [1.165, 1.54) is 4.90 Å². The average molecular weight is 226 g/mol. The van der Waals surface area contributed by atoms with Crippen LogP contribution in [0, 0.1) is 23.7 Å². The van der Waals surface area contributed by atoms with E-state index in [1.807, 2.05) is 31.2 Å². The van der Waals surface area contributed by atoms with Crippen molar-refractivity contribution in [2.24, 2.45) is 0 Å². The summed E-state index contributed by atoms with van der Waals surface area (Å²) in [5.41, 5.74) is 0.704. The predicted octanol–water partition coefficient (Wildman–Crippen LogP) is 1.78. The van der Waals surface area contributed by atoms with Crippen LogP contribution in [0.3, 0.4) is 0 Å². The highest BCUT2D eigenvalue weighted by Gasteiger charge is 2.24. The highest BCUT2D eigenvalue weighted by atomic mass is 16.2. The topological polar surface area (TPSA) is 44.1 Å². The van der Waals surface area contributed by atoms with Crippen molar-refractivity contribution in [3.63, 3.8) is 0 Å². The zero-order chi connectivity index (χ0) is 12.7. The Morgan fingerprint density at radius 1 is 1.47 bits per heavy atom. The van der Waals surface area contributed by atoms with Gasteiger partial charge in [0.2, 0.25) is 5.91 Å². The van der Waals surface area contributed by atoms with E-state index in [0.29, 0.717) is 12.1 Å². The SMILES string of the molecule is C#CCN(CC)C(=O)C(C#N)c1ccccc1. The summed E-state index contributed by atoms with van der Waals surface area (Å²) in [4.78, 5) is 13.6. The molecular weight excluding hydrogens is 212 g/mol. The molecule has 3 nitrogen and oxygen atoms in total. The molecular formula is C14H14N2O. The van der Waals surface area contributed by atoms with Crippen molar-refractivity contribution in [2.45, 2.75) is 12.8 Å². The van der Waals surface area contributed by atoms with Gasteiger partial charge >= 0.3 is 0 Å². The van der Waals surface area contributed by atoms with Gasteiger partial charge in [0.1, 0.15) is 5.92 Å². The Morgan fingerprint density at radius 2 is 2.12 bits per heavy atom. The molecule has 17 heavy (non-hydrogen) atoms. The molecule has 0 aliphatic carbocycles. The molecule has 1 rings (SSSR count). The van der Waals surface area contributed by atoms with Gasteiger partial charge in [0.15, 0.2) is 0 Å². The van der Waals surface area contributed by atoms with Crippen molar-refractivity contribution in [1.82, 2.24) is 4.90 Å². The second-order valence-electron chi connectivity index (χ2n) is 3.53. The van der Waals surface area contributed by atoms with E-state index in [-0.39, 0.29) is 12.5 Å². The summed E-state index contributed by atoms with van der Waals surface area (Å²) in [6.45, 7) is 2.59. The summed E-state index contributed by atoms with van der Waals surface area (Å²) in [5.74, 6) is 1.42. The molecule has 0 N–H and O–H groups in total. The number of hydrogen-bond acceptors (Lipinski definition) is 2. The van der Waals surface area contributed by atoms with Crippen molar-refractivity contribution in [3.05, 3.63) is 35.9 Å². The number of amides is 1. The van der Waals surface area contributed by atoms with E-state index in [0.717, 1.165) is 0 Å². The van der Waals surface area contributed by atoms with E-state index in [4.69, 9.17) is 11.7 Å². The van der Waals surface area contributed by atoms with E-state index in [2.05, 4.69) is 5.92 Å². The quantitative estimate of drug-likeness (QED) is 0.734. The molecule has 0 radical (unpaired) electrons. The molecule has 0 saturated carbocycles. The van der Waals surface area contributed by atoms with Crippen molar-refractivity contribution in [1.29, 1.82) is 5.26 Å². The summed E-state index contributed by atoms with van der Waals surface area (Å²) in [6, 6.07) is 11.0. The molecule has 0 aliphatic heterocycles. The van der Waals surface area contributed by atoms with Crippen LogP contribution >= 0.6 is 0 Å². The lowest BCUT2D eigenvalue weighted by Gasteiger charge is -2.21. The van der Waals surface area contributed by atoms with Gasteiger partial charge < -0.3 is 4.90 Å². The van der Waals surface area contributed by atoms with Crippen LogP contribution in [0.1, 0.15) is 18.4 Å². The Kier molecular flexibility index (Phi) is 4.78. The Balaban J connectivity index is 2.93. The van der Waals surface area contributed by atoms with E-state index in [1.54, 1.807) is 12.1 Å². The normalized spacial score (nSPS) is 11.0. The Morgan fingerprint density at radius 3 is 2.59 bits per heavy atom. The van der Waals surface area contributed by atoms with Gasteiger partial charge in [-0.2, -0.15) is 5.26 Å². The maximum absolute atomic E-state index is 12.1. The van der Waals surface area contributed by atoms with Crippen molar-refractivity contribution >= 4 is 5.91 Å². The summed E-state index contributed by atoms with van der Waals surface area (Å²) >= 11 is 0. The van der Waals surface area contributed by atoms with Gasteiger partial charge in [-0.3, -0.25) is 4.79 Å². The first kappa shape index (κ1) is 12.8. The molecule has 0 aromatic heterocycles. The number of nitrogens with zero attached hydrogens (tertiary/aromatic N) is 2. The number of likely N-dealkylation sites (N-methyl/N-ethyl adjacent to an activating group) is 1. The second kappa shape index (κ2) is 6.35. The number of nitriles is 1. The van der Waals surface area contributed by atoms with Crippen LogP contribution in [0.4, 0.5) is 0 Å². The first-order valence-corrected chi connectivity index (χ1v) is 5.41. The van der Waals surface area contributed by atoms with E-state index < -0.39 is 5.92 Å². The van der Waals surface area contributed by atoms with Gasteiger partial charge in [-0.1, -0.05) is 36.3 Å². The lowest BCUT2D eigenvalue weighted by Crippen LogP contribution is -2.34. The number of carbonyl (C=O) groups excluding carboxylic acids is 1. The summed E-state index contributed by atoms with van der Waals surface area (Å²) in [6.07, 6.45) is 5.20. The highest BCUT2D eigenvalue weighted by molar-refractivity contribution is 5.86. The molecule has 1 amide bonds. The zero-order valence-corrected chi connectivity index (χ0v) is 9.76. The van der Waals surface area contributed by atoms with Crippen LogP contribution in [0.5, 0.6) is 0 Å². The van der Waals surface area contributed by atoms with Gasteiger partial charge in [0, 0.05) is 6.54 Å². The van der Waals surface area contributed by atoms with Gasteiger partial charge in [-0.15, -0.1) is 6.42 Å². The molecule has 0 spiro atoms. The molecule has 1 unspecified atom stereocenters. The van der Waals surface area contributed by atoms with E-state index in [9.17, 15) is 4.79 Å². The minimum Gasteiger partial charge on any atom is -0.330 e. The van der Waals surface area contributed by atoms with Crippen LogP contribution < -0.4 is 0 Å². The smallest absolute Gasteiger partial charge is 0.245 e. The third-order valence-corrected chi connectivity index (χ3v) is 2.48. The molecule has 0 aliphatic rings. The monoisotopic (exact) mass is 226 g/mol. The Hall–Kier alpha value is -2.26. The van der Waals surface area contributed by atoms with Crippen LogP contribution in [0.15, 0.2) is 30.3 Å². The molecule has 86 valence electrons. The molecule has 1 aromatic carbocycles. The predicted molar refractivity (Wildman–Crippen MR) is 65.9 cm³/mol. The minimum atomic E-state index is -0.774. The lowest BCUT2D eigenvalue weighted by molar-refractivity contribution is -0.130. The minimum absolute atomic E-state index is 0.236. The van der Waals surface area contributed by atoms with Crippen LogP contribution in [0.2, 0.25) is 0 Å². The summed E-state index contributed by atoms with van der Waals surface area (Å²) in [5, 5.41) is 9.11. The Bertz CT molecular complexity index is 453. The molecule has 0 bridgehead atoms. The molecule has 1 aromatic rings. The van der Waals surface area contributed by atoms with Gasteiger partial charge in [-0.05, 0) is 12.5 Å². The molecule has 1 atom stereocenters. The van der Waals surface area contributed by atoms with Crippen LogP contribution in [0.25, 0.3) is 0 Å². The molecule has 0 saturated heterocycles. The van der Waals surface area contributed by atoms with Crippen molar-refractivity contribution in [3.8, 4) is 18.4 Å². The van der Waals surface area contributed by atoms with Gasteiger partial charge in [0.05, 0.1) is 12.6 Å². The zero-order valence-electron chi connectivity index (χ0n) is 9.76. The second-order valence-corrected chi connectivity index (χ2v) is 3.53. The third kappa shape index (κ3) is 3.09. The largest absolute Gasteiger partial charge is 0.330 e. The molecule has 0 fully saturated rings. The van der Waals surface area contributed by atoms with Crippen LogP contribution in [-0.2, 0) is 4.79 Å². The fourth-order valence-corrected chi connectivity index (χ4v) is 1.56. The fraction of sp³-hybridized carbons (Fsp3) is 0.286. The standard InChI is InChI=1S/C14H14N2O/c1-3-10-16(4-2)14(17)13(11-15)12-8-6-5-7-9-12/h1,5-9,13H,4,10H2,2H3. The number of rotatable bonds is 4. The van der Waals surface area contributed by atoms with Crippen molar-refractivity contribution in [2.75, 3.05) is 13.1 Å². The lowest BCUT2D eigenvalue weighted by atomic mass is 9.99. The maximum Gasteiger partial charge on any atom is 0.245 e. The van der Waals surface area contributed by atoms with Gasteiger partial charge in [-0.25, -0.2) is 0 Å².